The normalized spacial score (nSPS) is 17.3. The molecule has 2 saturated carbocycles. The van der Waals surface area contributed by atoms with Gasteiger partial charge in [0, 0.05) is 18.4 Å². The van der Waals surface area contributed by atoms with Crippen molar-refractivity contribution in [2.24, 2.45) is 5.73 Å². The Bertz CT molecular complexity index is 734. The van der Waals surface area contributed by atoms with Crippen LogP contribution in [0, 0.1) is 0 Å². The van der Waals surface area contributed by atoms with Crippen molar-refractivity contribution < 1.29 is 9.32 Å². The molecule has 0 atom stereocenters. The highest BCUT2D eigenvalue weighted by molar-refractivity contribution is 5.95. The highest BCUT2D eigenvalue weighted by Gasteiger charge is 2.31. The van der Waals surface area contributed by atoms with Crippen LogP contribution in [0.25, 0.3) is 0 Å². The minimum atomic E-state index is -0.152. The van der Waals surface area contributed by atoms with Crippen molar-refractivity contribution >= 4 is 5.91 Å². The summed E-state index contributed by atoms with van der Waals surface area (Å²) in [6.07, 6.45) is 4.38. The second kappa shape index (κ2) is 5.73. The van der Waals surface area contributed by atoms with Crippen LogP contribution in [0.3, 0.4) is 0 Å². The van der Waals surface area contributed by atoms with Gasteiger partial charge in [-0.15, -0.1) is 0 Å². The molecule has 2 aromatic heterocycles. The molecule has 0 saturated heterocycles. The second-order valence-corrected chi connectivity index (χ2v) is 6.22. The van der Waals surface area contributed by atoms with Crippen LogP contribution in [0.2, 0.25) is 0 Å². The zero-order valence-corrected chi connectivity index (χ0v) is 12.8. The van der Waals surface area contributed by atoms with E-state index < -0.39 is 0 Å². The van der Waals surface area contributed by atoms with Gasteiger partial charge in [-0.1, -0.05) is 5.16 Å². The van der Waals surface area contributed by atoms with Gasteiger partial charge in [0.15, 0.2) is 5.82 Å². The molecule has 0 radical (unpaired) electrons. The molecule has 2 aliphatic carbocycles. The van der Waals surface area contributed by atoms with E-state index in [1.165, 1.54) is 0 Å². The Morgan fingerprint density at radius 1 is 1.22 bits per heavy atom. The number of hydrogen-bond donors (Lipinski definition) is 2. The minimum Gasteiger partial charge on any atom is -0.345 e. The van der Waals surface area contributed by atoms with Crippen molar-refractivity contribution in [1.82, 2.24) is 20.4 Å². The largest absolute Gasteiger partial charge is 0.345 e. The zero-order valence-electron chi connectivity index (χ0n) is 12.8. The molecule has 0 bridgehead atoms. The molecule has 2 fully saturated rings. The highest BCUT2D eigenvalue weighted by Crippen LogP contribution is 2.41. The van der Waals surface area contributed by atoms with Gasteiger partial charge < -0.3 is 15.6 Å². The Balaban J connectivity index is 1.45. The lowest BCUT2D eigenvalue weighted by molar-refractivity contribution is 0.0948. The van der Waals surface area contributed by atoms with Crippen LogP contribution in [-0.4, -0.2) is 21.0 Å². The first kappa shape index (κ1) is 14.3. The minimum absolute atomic E-state index is 0.152. The lowest BCUT2D eigenvalue weighted by atomic mass is 10.1. The van der Waals surface area contributed by atoms with E-state index in [0.29, 0.717) is 35.7 Å². The number of pyridine rings is 1. The number of nitrogens with one attached hydrogen (secondary N) is 1. The Morgan fingerprint density at radius 3 is 2.70 bits per heavy atom. The van der Waals surface area contributed by atoms with E-state index in [-0.39, 0.29) is 12.5 Å². The van der Waals surface area contributed by atoms with E-state index in [2.05, 4.69) is 20.4 Å². The van der Waals surface area contributed by atoms with Crippen LogP contribution in [0.1, 0.15) is 71.0 Å². The van der Waals surface area contributed by atoms with Gasteiger partial charge in [0.05, 0.1) is 23.5 Å². The Hall–Kier alpha value is -2.28. The van der Waals surface area contributed by atoms with Gasteiger partial charge in [-0.25, -0.2) is 0 Å². The fourth-order valence-corrected chi connectivity index (χ4v) is 2.58. The molecule has 7 heteroatoms. The predicted molar refractivity (Wildman–Crippen MR) is 81.5 cm³/mol. The van der Waals surface area contributed by atoms with Crippen molar-refractivity contribution in [3.63, 3.8) is 0 Å². The summed E-state index contributed by atoms with van der Waals surface area (Å²) in [5.74, 6) is 1.85. The van der Waals surface area contributed by atoms with Gasteiger partial charge in [0.25, 0.3) is 5.91 Å². The maximum Gasteiger partial charge on any atom is 0.253 e. The summed E-state index contributed by atoms with van der Waals surface area (Å²) in [6.45, 7) is 0.645. The van der Waals surface area contributed by atoms with Gasteiger partial charge in [-0.05, 0) is 37.8 Å². The zero-order chi connectivity index (χ0) is 15.8. The van der Waals surface area contributed by atoms with Crippen LogP contribution in [-0.2, 0) is 13.1 Å². The molecule has 2 heterocycles. The number of hydrogen-bond acceptors (Lipinski definition) is 6. The van der Waals surface area contributed by atoms with Crippen LogP contribution in [0.15, 0.2) is 16.7 Å². The summed E-state index contributed by atoms with van der Waals surface area (Å²) in [5.41, 5.74) is 7.94. The first-order chi connectivity index (χ1) is 11.2. The molecule has 0 aromatic carbocycles. The van der Waals surface area contributed by atoms with Crippen LogP contribution < -0.4 is 11.1 Å². The number of carbonyl (C=O) groups excluding carboxylic acids is 1. The van der Waals surface area contributed by atoms with E-state index >= 15 is 0 Å². The van der Waals surface area contributed by atoms with Gasteiger partial charge in [0.2, 0.25) is 5.89 Å². The summed E-state index contributed by atoms with van der Waals surface area (Å²) < 4.78 is 5.19. The number of aromatic nitrogens is 3. The average molecular weight is 313 g/mol. The van der Waals surface area contributed by atoms with Gasteiger partial charge >= 0.3 is 0 Å². The number of nitrogens with two attached hydrogens (primary N) is 1. The third-order valence-electron chi connectivity index (χ3n) is 4.22. The molecular formula is C16H19N5O2. The molecule has 23 heavy (non-hydrogen) atoms. The summed E-state index contributed by atoms with van der Waals surface area (Å²) in [7, 11) is 0. The quantitative estimate of drug-likeness (QED) is 0.839. The maximum absolute atomic E-state index is 12.5. The molecule has 120 valence electrons. The molecule has 0 spiro atoms. The van der Waals surface area contributed by atoms with E-state index in [1.54, 1.807) is 6.07 Å². The molecule has 3 N–H and O–H groups in total. The van der Waals surface area contributed by atoms with Crippen LogP contribution in [0.5, 0.6) is 0 Å². The molecular weight excluding hydrogens is 294 g/mol. The fourth-order valence-electron chi connectivity index (χ4n) is 2.58. The van der Waals surface area contributed by atoms with Gasteiger partial charge in [-0.3, -0.25) is 9.78 Å². The summed E-state index contributed by atoms with van der Waals surface area (Å²) >= 11 is 0. The van der Waals surface area contributed by atoms with E-state index in [0.717, 1.165) is 37.1 Å². The predicted octanol–water partition coefficient (Wildman–Crippen LogP) is 1.61. The molecule has 7 nitrogen and oxygen atoms in total. The third-order valence-corrected chi connectivity index (χ3v) is 4.22. The lowest BCUT2D eigenvalue weighted by Gasteiger charge is -2.09. The fraction of sp³-hybridized carbons (Fsp3) is 0.500. The topological polar surface area (TPSA) is 107 Å². The molecule has 2 aromatic rings. The van der Waals surface area contributed by atoms with E-state index in [1.807, 2.05) is 6.07 Å². The van der Waals surface area contributed by atoms with Crippen LogP contribution in [0.4, 0.5) is 0 Å². The number of carbonyl (C=O) groups is 1. The van der Waals surface area contributed by atoms with Crippen molar-refractivity contribution in [2.45, 2.75) is 50.6 Å². The molecule has 0 unspecified atom stereocenters. The SMILES string of the molecule is NCc1ccc(C(=O)NCc2noc(C3CC3)n2)c(C2CC2)n1. The van der Waals surface area contributed by atoms with Crippen molar-refractivity contribution in [1.29, 1.82) is 0 Å². The van der Waals surface area contributed by atoms with Crippen molar-refractivity contribution in [3.8, 4) is 0 Å². The molecule has 4 rings (SSSR count). The Kier molecular flexibility index (Phi) is 3.57. The Labute approximate surface area is 133 Å². The van der Waals surface area contributed by atoms with Gasteiger partial charge in [-0.2, -0.15) is 4.98 Å². The summed E-state index contributed by atoms with van der Waals surface area (Å²) in [4.78, 5) is 21.3. The number of nitrogens with zero attached hydrogens (tertiary/aromatic N) is 3. The number of amides is 1. The molecule has 2 aliphatic rings. The first-order valence-corrected chi connectivity index (χ1v) is 8.05. The van der Waals surface area contributed by atoms with E-state index in [9.17, 15) is 4.79 Å². The van der Waals surface area contributed by atoms with Crippen LogP contribution >= 0.6 is 0 Å². The third kappa shape index (κ3) is 3.10. The molecule has 1 amide bonds. The van der Waals surface area contributed by atoms with Crippen molar-refractivity contribution in [3.05, 3.63) is 40.8 Å². The highest BCUT2D eigenvalue weighted by atomic mass is 16.5. The van der Waals surface area contributed by atoms with E-state index in [4.69, 9.17) is 10.3 Å². The van der Waals surface area contributed by atoms with Crippen molar-refractivity contribution in [2.75, 3.05) is 0 Å². The Morgan fingerprint density at radius 2 is 2.00 bits per heavy atom. The van der Waals surface area contributed by atoms with Gasteiger partial charge in [0.1, 0.15) is 0 Å². The molecule has 0 aliphatic heterocycles. The maximum atomic E-state index is 12.5. The smallest absolute Gasteiger partial charge is 0.253 e. The standard InChI is InChI=1S/C16H19N5O2/c17-7-11-5-6-12(14(19-11)9-1-2-9)15(22)18-8-13-20-16(23-21-13)10-3-4-10/h5-6,9-10H,1-4,7-8,17H2,(H,18,22). The number of rotatable bonds is 6. The summed E-state index contributed by atoms with van der Waals surface area (Å²) in [6, 6.07) is 3.62. The summed E-state index contributed by atoms with van der Waals surface area (Å²) in [5, 5.41) is 6.76. The monoisotopic (exact) mass is 313 g/mol. The second-order valence-electron chi connectivity index (χ2n) is 6.22. The average Bonchev–Trinajstić information content (AvgIpc) is 3.50. The first-order valence-electron chi connectivity index (χ1n) is 8.05. The lowest BCUT2D eigenvalue weighted by Crippen LogP contribution is -2.25.